The minimum absolute atomic E-state index is 0.523. The molecule has 0 amide bonds. The molecule has 2 aromatic rings. The van der Waals surface area contributed by atoms with Gasteiger partial charge in [0.2, 0.25) is 0 Å². The summed E-state index contributed by atoms with van der Waals surface area (Å²) < 4.78 is 3.44. The van der Waals surface area contributed by atoms with Crippen LogP contribution in [0, 0.1) is 6.92 Å². The number of aliphatic hydroxyl groups is 1. The van der Waals surface area contributed by atoms with Gasteiger partial charge in [-0.05, 0) is 35.0 Å². The van der Waals surface area contributed by atoms with E-state index in [1.807, 2.05) is 20.0 Å². The molecule has 2 heterocycles. The van der Waals surface area contributed by atoms with Crippen molar-refractivity contribution >= 4 is 38.9 Å². The molecular weight excluding hydrogens is 324 g/mol. The van der Waals surface area contributed by atoms with Crippen LogP contribution in [-0.4, -0.2) is 14.9 Å². The minimum Gasteiger partial charge on any atom is -0.387 e. The van der Waals surface area contributed by atoms with Crippen molar-refractivity contribution in [3.05, 3.63) is 37.2 Å². The summed E-state index contributed by atoms with van der Waals surface area (Å²) in [6, 6.07) is 3.66. The average molecular weight is 336 g/mol. The fourth-order valence-electron chi connectivity index (χ4n) is 1.69. The number of thiophene rings is 1. The van der Waals surface area contributed by atoms with Gasteiger partial charge in [0, 0.05) is 18.3 Å². The summed E-state index contributed by atoms with van der Waals surface area (Å²) in [5, 5.41) is 14.4. The fraction of sp³-hybridized carbons (Fsp3) is 0.364. The molecule has 17 heavy (non-hydrogen) atoms. The summed E-state index contributed by atoms with van der Waals surface area (Å²) in [5.41, 5.74) is 1.92. The topological polar surface area (TPSA) is 38.0 Å². The minimum atomic E-state index is -0.543. The highest BCUT2D eigenvalue weighted by Gasteiger charge is 2.17. The summed E-state index contributed by atoms with van der Waals surface area (Å²) >= 11 is 10.7. The van der Waals surface area contributed by atoms with E-state index in [2.05, 4.69) is 21.0 Å². The molecule has 1 N–H and O–H groups in total. The molecule has 1 unspecified atom stereocenters. The quantitative estimate of drug-likeness (QED) is 0.932. The molecule has 0 radical (unpaired) electrons. The molecule has 2 aromatic heterocycles. The van der Waals surface area contributed by atoms with Gasteiger partial charge in [-0.1, -0.05) is 11.6 Å². The Kier molecular flexibility index (Phi) is 3.92. The van der Waals surface area contributed by atoms with Crippen LogP contribution in [0.1, 0.15) is 22.4 Å². The molecule has 2 rings (SSSR count). The van der Waals surface area contributed by atoms with E-state index < -0.39 is 6.10 Å². The van der Waals surface area contributed by atoms with Crippen molar-refractivity contribution in [1.29, 1.82) is 0 Å². The molecule has 1 atom stereocenters. The molecule has 0 aromatic carbocycles. The number of hydrogen-bond donors (Lipinski definition) is 1. The third-order valence-corrected chi connectivity index (χ3v) is 4.93. The van der Waals surface area contributed by atoms with Crippen molar-refractivity contribution in [2.45, 2.75) is 19.4 Å². The Morgan fingerprint density at radius 1 is 1.59 bits per heavy atom. The van der Waals surface area contributed by atoms with Gasteiger partial charge >= 0.3 is 0 Å². The van der Waals surface area contributed by atoms with Crippen molar-refractivity contribution < 1.29 is 5.11 Å². The van der Waals surface area contributed by atoms with E-state index in [4.69, 9.17) is 11.6 Å². The zero-order chi connectivity index (χ0) is 12.6. The largest absolute Gasteiger partial charge is 0.387 e. The molecule has 92 valence electrons. The van der Waals surface area contributed by atoms with Gasteiger partial charge in [0.25, 0.3) is 0 Å². The van der Waals surface area contributed by atoms with Crippen LogP contribution in [0.25, 0.3) is 0 Å². The Morgan fingerprint density at radius 2 is 2.29 bits per heavy atom. The van der Waals surface area contributed by atoms with Crippen LogP contribution in [0.5, 0.6) is 0 Å². The lowest BCUT2D eigenvalue weighted by molar-refractivity contribution is 0.179. The first kappa shape index (κ1) is 13.1. The number of rotatable bonds is 3. The maximum absolute atomic E-state index is 10.1. The van der Waals surface area contributed by atoms with Crippen LogP contribution in [0.2, 0.25) is 4.34 Å². The highest BCUT2D eigenvalue weighted by atomic mass is 79.9. The van der Waals surface area contributed by atoms with E-state index in [0.717, 1.165) is 20.7 Å². The average Bonchev–Trinajstić information content (AvgIpc) is 2.79. The molecule has 0 fully saturated rings. The zero-order valence-corrected chi connectivity index (χ0v) is 12.6. The first-order valence-corrected chi connectivity index (χ1v) is 7.09. The van der Waals surface area contributed by atoms with Gasteiger partial charge in [-0.2, -0.15) is 5.10 Å². The van der Waals surface area contributed by atoms with Gasteiger partial charge in [-0.25, -0.2) is 0 Å². The van der Waals surface area contributed by atoms with E-state index in [9.17, 15) is 5.11 Å². The molecule has 3 nitrogen and oxygen atoms in total. The van der Waals surface area contributed by atoms with Gasteiger partial charge in [-0.15, -0.1) is 11.3 Å². The first-order valence-electron chi connectivity index (χ1n) is 5.10. The smallest absolute Gasteiger partial charge is 0.0938 e. The molecule has 0 bridgehead atoms. The SMILES string of the molecule is Cc1nn(C)c(CC(O)c2ccc(Cl)s2)c1Br. The monoisotopic (exact) mass is 334 g/mol. The highest BCUT2D eigenvalue weighted by Crippen LogP contribution is 2.31. The summed E-state index contributed by atoms with van der Waals surface area (Å²) in [6.07, 6.45) is -0.0204. The van der Waals surface area contributed by atoms with Gasteiger partial charge in [0.15, 0.2) is 0 Å². The Bertz CT molecular complexity index is 538. The molecule has 0 aliphatic carbocycles. The second-order valence-electron chi connectivity index (χ2n) is 3.83. The number of halogens is 2. The van der Waals surface area contributed by atoms with E-state index in [1.54, 1.807) is 10.7 Å². The summed E-state index contributed by atoms with van der Waals surface area (Å²) in [6.45, 7) is 1.93. The molecule has 0 aliphatic heterocycles. The predicted molar refractivity (Wildman–Crippen MR) is 73.6 cm³/mol. The van der Waals surface area contributed by atoms with Crippen LogP contribution < -0.4 is 0 Å². The third-order valence-electron chi connectivity index (χ3n) is 2.57. The summed E-state index contributed by atoms with van der Waals surface area (Å²) in [5.74, 6) is 0. The number of nitrogens with zero attached hydrogens (tertiary/aromatic N) is 2. The third kappa shape index (κ3) is 2.73. The van der Waals surface area contributed by atoms with Gasteiger partial charge in [0.1, 0.15) is 0 Å². The standard InChI is InChI=1S/C11H12BrClN2OS/c1-6-11(12)7(15(2)14-6)5-8(16)9-3-4-10(13)17-9/h3-4,8,16H,5H2,1-2H3. The molecular formula is C11H12BrClN2OS. The maximum atomic E-state index is 10.1. The van der Waals surface area contributed by atoms with Crippen LogP contribution in [0.15, 0.2) is 16.6 Å². The van der Waals surface area contributed by atoms with Crippen molar-refractivity contribution in [1.82, 2.24) is 9.78 Å². The van der Waals surface area contributed by atoms with Crippen molar-refractivity contribution in [3.8, 4) is 0 Å². The Labute approximate surface area is 117 Å². The second-order valence-corrected chi connectivity index (χ2v) is 6.37. The van der Waals surface area contributed by atoms with Gasteiger partial charge < -0.3 is 5.11 Å². The van der Waals surface area contributed by atoms with E-state index >= 15 is 0 Å². The lowest BCUT2D eigenvalue weighted by atomic mass is 10.1. The normalized spacial score (nSPS) is 13.0. The van der Waals surface area contributed by atoms with E-state index in [1.165, 1.54) is 11.3 Å². The molecule has 0 spiro atoms. The Morgan fingerprint density at radius 3 is 2.76 bits per heavy atom. The van der Waals surface area contributed by atoms with Gasteiger partial charge in [0.05, 0.1) is 26.3 Å². The lowest BCUT2D eigenvalue weighted by Crippen LogP contribution is -2.05. The summed E-state index contributed by atoms with van der Waals surface area (Å²) in [7, 11) is 1.88. The summed E-state index contributed by atoms with van der Waals surface area (Å²) in [4.78, 5) is 0.876. The fourth-order valence-corrected chi connectivity index (χ4v) is 3.24. The Balaban J connectivity index is 2.21. The zero-order valence-electron chi connectivity index (χ0n) is 9.44. The van der Waals surface area contributed by atoms with Crippen LogP contribution in [0.4, 0.5) is 0 Å². The number of hydrogen-bond acceptors (Lipinski definition) is 3. The van der Waals surface area contributed by atoms with Crippen molar-refractivity contribution in [3.63, 3.8) is 0 Å². The highest BCUT2D eigenvalue weighted by molar-refractivity contribution is 9.10. The molecule has 0 saturated heterocycles. The van der Waals surface area contributed by atoms with Crippen LogP contribution in [-0.2, 0) is 13.5 Å². The number of aryl methyl sites for hydroxylation is 2. The van der Waals surface area contributed by atoms with E-state index in [-0.39, 0.29) is 0 Å². The van der Waals surface area contributed by atoms with Crippen molar-refractivity contribution in [2.24, 2.45) is 7.05 Å². The molecule has 0 aliphatic rings. The van der Waals surface area contributed by atoms with Crippen LogP contribution >= 0.6 is 38.9 Å². The predicted octanol–water partition coefficient (Wildman–Crippen LogP) is 3.48. The number of aliphatic hydroxyl groups excluding tert-OH is 1. The Hall–Kier alpha value is -0.360. The van der Waals surface area contributed by atoms with E-state index in [0.29, 0.717) is 10.8 Å². The number of aromatic nitrogens is 2. The van der Waals surface area contributed by atoms with Crippen molar-refractivity contribution in [2.75, 3.05) is 0 Å². The van der Waals surface area contributed by atoms with Crippen LogP contribution in [0.3, 0.4) is 0 Å². The molecule has 6 heteroatoms. The maximum Gasteiger partial charge on any atom is 0.0938 e. The second kappa shape index (κ2) is 5.10. The molecule has 0 saturated carbocycles. The first-order chi connectivity index (χ1) is 7.99. The lowest BCUT2D eigenvalue weighted by Gasteiger charge is -2.09. The van der Waals surface area contributed by atoms with Gasteiger partial charge in [-0.3, -0.25) is 4.68 Å².